The normalized spacial score (nSPS) is 11.8. The van der Waals surface area contributed by atoms with Crippen molar-refractivity contribution in [3.63, 3.8) is 0 Å². The maximum atomic E-state index is 12.7. The van der Waals surface area contributed by atoms with Crippen LogP contribution in [0.15, 0.2) is 36.4 Å². The number of aromatic hydroxyl groups is 1. The lowest BCUT2D eigenvalue weighted by atomic mass is 10.1. The third kappa shape index (κ3) is 8.66. The number of benzene rings is 2. The lowest BCUT2D eigenvalue weighted by Gasteiger charge is -2.21. The summed E-state index contributed by atoms with van der Waals surface area (Å²) >= 11 is 12.4. The third-order valence-corrected chi connectivity index (χ3v) is 4.94. The van der Waals surface area contributed by atoms with E-state index >= 15 is 0 Å². The molecule has 0 aliphatic carbocycles. The fourth-order valence-corrected chi connectivity index (χ4v) is 3.46. The molecule has 188 valence electrons. The highest BCUT2D eigenvalue weighted by molar-refractivity contribution is 6.40. The number of carboxylic acids is 1. The first-order valence-electron chi connectivity index (χ1n) is 10.3. The Morgan fingerprint density at radius 3 is 2.17 bits per heavy atom. The molecule has 3 amide bonds. The molecular weight excluding hydrogens is 501 g/mol. The molecule has 0 aliphatic rings. The molecule has 2 aromatic rings. The number of phenolic OH excluding ortho intramolecular Hbond substituents is 1. The molecule has 1 atom stereocenters. The van der Waals surface area contributed by atoms with Crippen LogP contribution in [0.4, 0.5) is 4.79 Å². The minimum absolute atomic E-state index is 0.0548. The van der Waals surface area contributed by atoms with Crippen LogP contribution in [0.2, 0.25) is 10.0 Å². The van der Waals surface area contributed by atoms with E-state index in [0.29, 0.717) is 5.56 Å². The summed E-state index contributed by atoms with van der Waals surface area (Å²) in [6.45, 7) is 4.59. The van der Waals surface area contributed by atoms with E-state index < -0.39 is 42.1 Å². The number of nitrogens with one attached hydrogen (secondary N) is 3. The summed E-state index contributed by atoms with van der Waals surface area (Å²) in [4.78, 5) is 48.5. The zero-order chi connectivity index (χ0) is 26.3. The van der Waals surface area contributed by atoms with Gasteiger partial charge in [-0.15, -0.1) is 0 Å². The Balaban J connectivity index is 2.08. The minimum atomic E-state index is -1.51. The molecule has 0 unspecified atom stereocenters. The number of rotatable bonds is 8. The van der Waals surface area contributed by atoms with Crippen molar-refractivity contribution in [3.05, 3.63) is 63.1 Å². The molecule has 0 saturated carbocycles. The number of aliphatic carboxylic acids is 1. The number of halogens is 2. The van der Waals surface area contributed by atoms with Crippen molar-refractivity contribution >= 4 is 47.1 Å². The topological polar surface area (TPSA) is 154 Å². The van der Waals surface area contributed by atoms with Gasteiger partial charge in [0.2, 0.25) is 0 Å². The van der Waals surface area contributed by atoms with Gasteiger partial charge >= 0.3 is 12.1 Å². The van der Waals surface area contributed by atoms with Crippen molar-refractivity contribution in [1.29, 1.82) is 0 Å². The smallest absolute Gasteiger partial charge is 0.407 e. The summed E-state index contributed by atoms with van der Waals surface area (Å²) in [5.41, 5.74) is -0.296. The molecule has 5 N–H and O–H groups in total. The van der Waals surface area contributed by atoms with E-state index in [9.17, 15) is 29.4 Å². The number of carbonyl (C=O) groups excluding carboxylic acids is 3. The van der Waals surface area contributed by atoms with E-state index in [1.54, 1.807) is 32.9 Å². The second-order valence-electron chi connectivity index (χ2n) is 8.41. The Bertz CT molecular complexity index is 1110. The largest absolute Gasteiger partial charge is 0.508 e. The summed E-state index contributed by atoms with van der Waals surface area (Å²) in [5.74, 6) is -2.80. The van der Waals surface area contributed by atoms with E-state index in [4.69, 9.17) is 27.9 Å². The van der Waals surface area contributed by atoms with Gasteiger partial charge in [0.1, 0.15) is 17.4 Å². The van der Waals surface area contributed by atoms with Crippen molar-refractivity contribution < 1.29 is 34.1 Å². The van der Waals surface area contributed by atoms with Crippen molar-refractivity contribution in [2.24, 2.45) is 0 Å². The van der Waals surface area contributed by atoms with Gasteiger partial charge in [0, 0.05) is 12.1 Å². The second-order valence-corrected chi connectivity index (χ2v) is 9.23. The number of carbonyl (C=O) groups is 4. The minimum Gasteiger partial charge on any atom is -0.508 e. The van der Waals surface area contributed by atoms with Gasteiger partial charge in [0.15, 0.2) is 0 Å². The number of hydrogen-bond donors (Lipinski definition) is 5. The van der Waals surface area contributed by atoms with Crippen LogP contribution >= 0.6 is 23.2 Å². The summed E-state index contributed by atoms with van der Waals surface area (Å²) in [7, 11) is 0. The van der Waals surface area contributed by atoms with Gasteiger partial charge in [-0.3, -0.25) is 9.59 Å². The van der Waals surface area contributed by atoms with Gasteiger partial charge in [-0.25, -0.2) is 9.59 Å². The van der Waals surface area contributed by atoms with Crippen LogP contribution in [0.1, 0.15) is 47.1 Å². The lowest BCUT2D eigenvalue weighted by molar-refractivity contribution is -0.139. The van der Waals surface area contributed by atoms with Crippen LogP contribution < -0.4 is 16.0 Å². The number of alkyl carbamates (subject to hydrolysis) is 1. The standard InChI is InChI=1S/C23H25Cl2N3O7/c1-23(2,3)35-22(34)27-11-17(21(32)33)28-20(31)18-15(24)8-13(9-16(18)25)19(30)26-10-12-5-4-6-14(29)7-12/h4-9,17,29H,10-11H2,1-3H3,(H,26,30)(H,27,34)(H,28,31)(H,32,33)/t17-/m0/s1. The van der Waals surface area contributed by atoms with Gasteiger partial charge in [0.25, 0.3) is 11.8 Å². The quantitative estimate of drug-likeness (QED) is 0.354. The molecule has 0 saturated heterocycles. The summed E-state index contributed by atoms with van der Waals surface area (Å²) < 4.78 is 5.04. The van der Waals surface area contributed by atoms with E-state index in [-0.39, 0.29) is 33.5 Å². The van der Waals surface area contributed by atoms with Crippen molar-refractivity contribution in [3.8, 4) is 5.75 Å². The second kappa shape index (κ2) is 11.8. The lowest BCUT2D eigenvalue weighted by Crippen LogP contribution is -2.49. The predicted molar refractivity (Wildman–Crippen MR) is 129 cm³/mol. The SMILES string of the molecule is CC(C)(C)OC(=O)NC[C@H](NC(=O)c1c(Cl)cc(C(=O)NCc2cccc(O)c2)cc1Cl)C(=O)O. The predicted octanol–water partition coefficient (Wildman–Crippen LogP) is 3.34. The Morgan fingerprint density at radius 1 is 1.00 bits per heavy atom. The number of carboxylic acid groups (broad SMARTS) is 1. The van der Waals surface area contributed by atoms with Crippen LogP contribution in [0.5, 0.6) is 5.75 Å². The van der Waals surface area contributed by atoms with Gasteiger partial charge in [-0.05, 0) is 50.6 Å². The fraction of sp³-hybridized carbons (Fsp3) is 0.304. The molecular formula is C23H25Cl2N3O7. The highest BCUT2D eigenvalue weighted by atomic mass is 35.5. The average Bonchev–Trinajstić information content (AvgIpc) is 2.73. The Labute approximate surface area is 211 Å². The number of hydrogen-bond acceptors (Lipinski definition) is 6. The van der Waals surface area contributed by atoms with Crippen molar-refractivity contribution in [2.75, 3.05) is 6.54 Å². The molecule has 0 heterocycles. The maximum absolute atomic E-state index is 12.7. The van der Waals surface area contributed by atoms with Crippen LogP contribution in [-0.4, -0.2) is 52.3 Å². The molecule has 10 nitrogen and oxygen atoms in total. The maximum Gasteiger partial charge on any atom is 0.407 e. The van der Waals surface area contributed by atoms with Crippen LogP contribution in [0.3, 0.4) is 0 Å². The molecule has 35 heavy (non-hydrogen) atoms. The van der Waals surface area contributed by atoms with Crippen molar-refractivity contribution in [1.82, 2.24) is 16.0 Å². The Morgan fingerprint density at radius 2 is 1.63 bits per heavy atom. The van der Waals surface area contributed by atoms with Gasteiger partial charge in [-0.1, -0.05) is 35.3 Å². The van der Waals surface area contributed by atoms with E-state index in [1.165, 1.54) is 24.3 Å². The molecule has 0 bridgehead atoms. The molecule has 0 radical (unpaired) electrons. The number of phenols is 1. The van der Waals surface area contributed by atoms with Gasteiger partial charge in [-0.2, -0.15) is 0 Å². The third-order valence-electron chi connectivity index (χ3n) is 4.35. The highest BCUT2D eigenvalue weighted by Gasteiger charge is 2.26. The first-order chi connectivity index (χ1) is 16.3. The summed E-state index contributed by atoms with van der Waals surface area (Å²) in [5, 5.41) is 25.7. The first-order valence-corrected chi connectivity index (χ1v) is 11.1. The molecule has 0 fully saturated rings. The van der Waals surface area contributed by atoms with E-state index in [0.717, 1.165) is 0 Å². The number of amides is 3. The first kappa shape index (κ1) is 27.7. The molecule has 0 spiro atoms. The fourth-order valence-electron chi connectivity index (χ4n) is 2.80. The highest BCUT2D eigenvalue weighted by Crippen LogP contribution is 2.27. The zero-order valence-electron chi connectivity index (χ0n) is 19.1. The Hall–Kier alpha value is -3.50. The molecule has 0 aliphatic heterocycles. The monoisotopic (exact) mass is 525 g/mol. The Kier molecular flexibility index (Phi) is 9.32. The van der Waals surface area contributed by atoms with Crippen LogP contribution in [-0.2, 0) is 16.1 Å². The van der Waals surface area contributed by atoms with Crippen LogP contribution in [0, 0.1) is 0 Å². The molecule has 0 aromatic heterocycles. The van der Waals surface area contributed by atoms with Crippen LogP contribution in [0.25, 0.3) is 0 Å². The summed E-state index contributed by atoms with van der Waals surface area (Å²) in [6.07, 6.45) is -0.852. The summed E-state index contributed by atoms with van der Waals surface area (Å²) in [6, 6.07) is 7.26. The molecule has 12 heteroatoms. The van der Waals surface area contributed by atoms with E-state index in [2.05, 4.69) is 16.0 Å². The van der Waals surface area contributed by atoms with Crippen molar-refractivity contribution in [2.45, 2.75) is 39.0 Å². The molecule has 2 aromatic carbocycles. The van der Waals surface area contributed by atoms with Gasteiger partial charge < -0.3 is 30.9 Å². The average molecular weight is 526 g/mol. The van der Waals surface area contributed by atoms with Gasteiger partial charge in [0.05, 0.1) is 22.2 Å². The van der Waals surface area contributed by atoms with E-state index in [1.807, 2.05) is 0 Å². The zero-order valence-corrected chi connectivity index (χ0v) is 20.7. The molecule has 2 rings (SSSR count). The number of ether oxygens (including phenoxy) is 1.